The first kappa shape index (κ1) is 14.6. The zero-order chi connectivity index (χ0) is 14.4. The van der Waals surface area contributed by atoms with Gasteiger partial charge in [-0.25, -0.2) is 0 Å². The Morgan fingerprint density at radius 3 is 2.55 bits per heavy atom. The van der Waals surface area contributed by atoms with Crippen molar-refractivity contribution in [2.75, 3.05) is 5.32 Å². The maximum absolute atomic E-state index is 8.91. The summed E-state index contributed by atoms with van der Waals surface area (Å²) in [6.45, 7) is 2.19. The average molecular weight is 329 g/mol. The second-order valence-corrected chi connectivity index (χ2v) is 5.56. The largest absolute Gasteiger partial charge is 0.377 e. The fraction of sp³-hybridized carbons (Fsp3) is 0.235. The highest BCUT2D eigenvalue weighted by molar-refractivity contribution is 9.10. The van der Waals surface area contributed by atoms with E-state index in [1.54, 1.807) is 0 Å². The molecule has 2 rings (SSSR count). The number of nitriles is 1. The molecular weight excluding hydrogens is 312 g/mol. The lowest BCUT2D eigenvalue weighted by atomic mass is 10.0. The molecule has 0 aliphatic carbocycles. The normalized spacial score (nSPS) is 11.7. The molecule has 0 aromatic heterocycles. The van der Waals surface area contributed by atoms with Crippen LogP contribution in [0.25, 0.3) is 0 Å². The Hall–Kier alpha value is -1.79. The molecule has 0 aliphatic heterocycles. The molecule has 20 heavy (non-hydrogen) atoms. The van der Waals surface area contributed by atoms with E-state index in [1.165, 1.54) is 5.56 Å². The molecule has 0 amide bonds. The van der Waals surface area contributed by atoms with Crippen molar-refractivity contribution in [2.45, 2.75) is 25.8 Å². The van der Waals surface area contributed by atoms with Gasteiger partial charge < -0.3 is 5.32 Å². The molecule has 0 saturated heterocycles. The second-order valence-electron chi connectivity index (χ2n) is 4.70. The van der Waals surface area contributed by atoms with Crippen molar-refractivity contribution >= 4 is 21.6 Å². The highest BCUT2D eigenvalue weighted by Gasteiger charge is 2.11. The summed E-state index contributed by atoms with van der Waals surface area (Å²) in [5.74, 6) is 0. The number of benzene rings is 2. The van der Waals surface area contributed by atoms with Crippen LogP contribution in [0.15, 0.2) is 53.0 Å². The Bertz CT molecular complexity index is 602. The van der Waals surface area contributed by atoms with E-state index in [9.17, 15) is 0 Å². The lowest BCUT2D eigenvalue weighted by Crippen LogP contribution is -2.10. The predicted octanol–water partition coefficient (Wildman–Crippen LogP) is 5.27. The Labute approximate surface area is 128 Å². The number of nitrogens with one attached hydrogen (secondary N) is 1. The molecule has 2 nitrogen and oxygen atoms in total. The standard InChI is InChI=1S/C17H17BrN2/c1-2-6-16(14-7-4-3-5-8-14)20-17-10-9-13(12-19)11-15(17)18/h3-5,7-11,16,20H,2,6H2,1H3. The fourth-order valence-electron chi connectivity index (χ4n) is 2.19. The zero-order valence-corrected chi connectivity index (χ0v) is 13.0. The first-order valence-corrected chi connectivity index (χ1v) is 7.55. The van der Waals surface area contributed by atoms with Gasteiger partial charge in [-0.05, 0) is 46.1 Å². The van der Waals surface area contributed by atoms with Crippen molar-refractivity contribution in [3.63, 3.8) is 0 Å². The minimum Gasteiger partial charge on any atom is -0.377 e. The van der Waals surface area contributed by atoms with Crippen LogP contribution in [0.3, 0.4) is 0 Å². The number of rotatable bonds is 5. The van der Waals surface area contributed by atoms with Gasteiger partial charge in [0, 0.05) is 10.2 Å². The number of hydrogen-bond donors (Lipinski definition) is 1. The Kier molecular flexibility index (Phi) is 5.20. The summed E-state index contributed by atoms with van der Waals surface area (Å²) in [6, 6.07) is 18.5. The monoisotopic (exact) mass is 328 g/mol. The lowest BCUT2D eigenvalue weighted by Gasteiger charge is -2.21. The molecule has 0 fully saturated rings. The van der Waals surface area contributed by atoms with Crippen molar-refractivity contribution in [1.29, 1.82) is 5.26 Å². The fourth-order valence-corrected chi connectivity index (χ4v) is 2.68. The molecule has 2 aromatic carbocycles. The quantitative estimate of drug-likeness (QED) is 0.811. The van der Waals surface area contributed by atoms with Crippen molar-refractivity contribution in [3.8, 4) is 6.07 Å². The maximum atomic E-state index is 8.91. The summed E-state index contributed by atoms with van der Waals surface area (Å²) in [6.07, 6.45) is 2.18. The van der Waals surface area contributed by atoms with Crippen molar-refractivity contribution in [2.24, 2.45) is 0 Å². The summed E-state index contributed by atoms with van der Waals surface area (Å²) in [7, 11) is 0. The zero-order valence-electron chi connectivity index (χ0n) is 11.4. The van der Waals surface area contributed by atoms with E-state index in [2.05, 4.69) is 58.5 Å². The van der Waals surface area contributed by atoms with Crippen molar-refractivity contribution in [1.82, 2.24) is 0 Å². The molecule has 1 atom stereocenters. The van der Waals surface area contributed by atoms with Gasteiger partial charge in [-0.2, -0.15) is 5.26 Å². The number of anilines is 1. The lowest BCUT2D eigenvalue weighted by molar-refractivity contribution is 0.677. The molecule has 0 heterocycles. The van der Waals surface area contributed by atoms with Gasteiger partial charge in [0.05, 0.1) is 17.7 Å². The molecule has 0 bridgehead atoms. The van der Waals surface area contributed by atoms with E-state index in [4.69, 9.17) is 5.26 Å². The molecule has 0 aliphatic rings. The predicted molar refractivity (Wildman–Crippen MR) is 86.6 cm³/mol. The minimum absolute atomic E-state index is 0.283. The van der Waals surface area contributed by atoms with Crippen LogP contribution in [0.2, 0.25) is 0 Å². The first-order valence-electron chi connectivity index (χ1n) is 6.75. The van der Waals surface area contributed by atoms with Crippen LogP contribution in [0.5, 0.6) is 0 Å². The van der Waals surface area contributed by atoms with Crippen molar-refractivity contribution in [3.05, 3.63) is 64.1 Å². The van der Waals surface area contributed by atoms with Gasteiger partial charge in [-0.1, -0.05) is 43.7 Å². The van der Waals surface area contributed by atoms with Gasteiger partial charge in [-0.3, -0.25) is 0 Å². The first-order chi connectivity index (χ1) is 9.74. The van der Waals surface area contributed by atoms with Crippen LogP contribution in [-0.2, 0) is 0 Å². The van der Waals surface area contributed by atoms with E-state index in [-0.39, 0.29) is 6.04 Å². The van der Waals surface area contributed by atoms with Gasteiger partial charge >= 0.3 is 0 Å². The van der Waals surface area contributed by atoms with Crippen LogP contribution in [0, 0.1) is 11.3 Å². The molecule has 0 radical (unpaired) electrons. The topological polar surface area (TPSA) is 35.8 Å². The Morgan fingerprint density at radius 2 is 1.95 bits per heavy atom. The van der Waals surface area contributed by atoms with E-state index < -0.39 is 0 Å². The van der Waals surface area contributed by atoms with E-state index >= 15 is 0 Å². The smallest absolute Gasteiger partial charge is 0.0992 e. The third-order valence-electron chi connectivity index (χ3n) is 3.21. The third-order valence-corrected chi connectivity index (χ3v) is 3.86. The summed E-state index contributed by atoms with van der Waals surface area (Å²) in [5, 5.41) is 12.5. The molecule has 3 heteroatoms. The maximum Gasteiger partial charge on any atom is 0.0992 e. The SMILES string of the molecule is CCCC(Nc1ccc(C#N)cc1Br)c1ccccc1. The number of halogens is 1. The van der Waals surface area contributed by atoms with Crippen LogP contribution < -0.4 is 5.32 Å². The molecular formula is C17H17BrN2. The van der Waals surface area contributed by atoms with E-state index in [0.717, 1.165) is 23.0 Å². The highest BCUT2D eigenvalue weighted by atomic mass is 79.9. The summed E-state index contributed by atoms with van der Waals surface area (Å²) in [5.41, 5.74) is 2.96. The Balaban J connectivity index is 2.23. The van der Waals surface area contributed by atoms with E-state index in [0.29, 0.717) is 5.56 Å². The molecule has 2 aromatic rings. The molecule has 0 saturated carbocycles. The molecule has 102 valence electrons. The van der Waals surface area contributed by atoms with Crippen LogP contribution in [-0.4, -0.2) is 0 Å². The van der Waals surface area contributed by atoms with Gasteiger partial charge in [0.2, 0.25) is 0 Å². The summed E-state index contributed by atoms with van der Waals surface area (Å²) >= 11 is 3.53. The average Bonchev–Trinajstić information content (AvgIpc) is 2.49. The third kappa shape index (κ3) is 3.61. The van der Waals surface area contributed by atoms with Gasteiger partial charge in [0.25, 0.3) is 0 Å². The Morgan fingerprint density at radius 1 is 1.20 bits per heavy atom. The molecule has 0 spiro atoms. The van der Waals surface area contributed by atoms with Crippen molar-refractivity contribution < 1.29 is 0 Å². The summed E-state index contributed by atoms with van der Waals surface area (Å²) in [4.78, 5) is 0. The number of nitrogens with zero attached hydrogens (tertiary/aromatic N) is 1. The highest BCUT2D eigenvalue weighted by Crippen LogP contribution is 2.29. The van der Waals surface area contributed by atoms with E-state index in [1.807, 2.05) is 24.3 Å². The molecule has 1 unspecified atom stereocenters. The number of hydrogen-bond acceptors (Lipinski definition) is 2. The second kappa shape index (κ2) is 7.12. The van der Waals surface area contributed by atoms with Crippen LogP contribution >= 0.6 is 15.9 Å². The van der Waals surface area contributed by atoms with Gasteiger partial charge in [0.15, 0.2) is 0 Å². The van der Waals surface area contributed by atoms with Gasteiger partial charge in [0.1, 0.15) is 0 Å². The van der Waals surface area contributed by atoms with Crippen LogP contribution in [0.4, 0.5) is 5.69 Å². The van der Waals surface area contributed by atoms with Gasteiger partial charge in [-0.15, -0.1) is 0 Å². The van der Waals surface area contributed by atoms with Crippen LogP contribution in [0.1, 0.15) is 36.9 Å². The summed E-state index contributed by atoms with van der Waals surface area (Å²) < 4.78 is 0.925. The molecule has 1 N–H and O–H groups in total. The minimum atomic E-state index is 0.283.